The Balaban J connectivity index is 1.82. The molecule has 0 saturated carbocycles. The lowest BCUT2D eigenvalue weighted by Crippen LogP contribution is -2.53. The predicted molar refractivity (Wildman–Crippen MR) is 172 cm³/mol. The third-order valence-corrected chi connectivity index (χ3v) is 9.41. The number of carbonyl (C=O) groups is 2. The largest absolute Gasteiger partial charge is 0.355 e. The lowest BCUT2D eigenvalue weighted by Gasteiger charge is -2.34. The molecule has 7 nitrogen and oxygen atoms in total. The summed E-state index contributed by atoms with van der Waals surface area (Å²) in [6, 6.07) is 28.2. The Morgan fingerprint density at radius 3 is 2.05 bits per heavy atom. The van der Waals surface area contributed by atoms with Crippen LogP contribution in [0, 0.1) is 6.92 Å². The highest BCUT2D eigenvalue weighted by Crippen LogP contribution is 2.29. The van der Waals surface area contributed by atoms with Crippen molar-refractivity contribution in [2.24, 2.45) is 0 Å². The number of nitrogens with one attached hydrogen (secondary N) is 1. The van der Waals surface area contributed by atoms with Crippen molar-refractivity contribution in [3.63, 3.8) is 0 Å². The number of likely N-dealkylation sites (N-methyl/N-ethyl adjacent to an activating group) is 1. The summed E-state index contributed by atoms with van der Waals surface area (Å²) in [5.41, 5.74) is 2.43. The summed E-state index contributed by atoms with van der Waals surface area (Å²) >= 11 is 13.1. The minimum Gasteiger partial charge on any atom is -0.355 e. The molecule has 4 aromatic carbocycles. The Bertz CT molecular complexity index is 1650. The number of anilines is 1. The monoisotopic (exact) mass is 637 g/mol. The molecule has 0 aromatic heterocycles. The molecule has 10 heteroatoms. The Morgan fingerprint density at radius 2 is 1.44 bits per heavy atom. The Hall–Kier alpha value is -3.85. The van der Waals surface area contributed by atoms with Gasteiger partial charge in [0, 0.05) is 35.1 Å². The second-order valence-corrected chi connectivity index (χ2v) is 12.7. The van der Waals surface area contributed by atoms with Gasteiger partial charge in [0.25, 0.3) is 10.0 Å². The van der Waals surface area contributed by atoms with Crippen molar-refractivity contribution in [2.75, 3.05) is 17.4 Å². The third kappa shape index (κ3) is 7.96. The fraction of sp³-hybridized carbons (Fsp3) is 0.212. The van der Waals surface area contributed by atoms with Crippen LogP contribution in [0.25, 0.3) is 0 Å². The molecule has 0 aliphatic rings. The Kier molecular flexibility index (Phi) is 10.9. The van der Waals surface area contributed by atoms with Gasteiger partial charge in [-0.1, -0.05) is 89.9 Å². The van der Waals surface area contributed by atoms with Crippen molar-refractivity contribution >= 4 is 50.7 Å². The molecule has 0 saturated heterocycles. The lowest BCUT2D eigenvalue weighted by molar-refractivity contribution is -0.140. The number of nitrogens with zero attached hydrogens (tertiary/aromatic N) is 2. The number of halogens is 2. The molecule has 0 spiro atoms. The van der Waals surface area contributed by atoms with E-state index in [0.29, 0.717) is 27.8 Å². The molecule has 0 heterocycles. The predicted octanol–water partition coefficient (Wildman–Crippen LogP) is 6.27. The van der Waals surface area contributed by atoms with Crippen LogP contribution in [0.1, 0.15) is 23.6 Å². The summed E-state index contributed by atoms with van der Waals surface area (Å²) in [6.45, 7) is 3.30. The fourth-order valence-corrected chi connectivity index (χ4v) is 6.68. The number of hydrogen-bond acceptors (Lipinski definition) is 4. The van der Waals surface area contributed by atoms with Crippen LogP contribution in [-0.4, -0.2) is 44.3 Å². The second kappa shape index (κ2) is 14.6. The first-order chi connectivity index (χ1) is 20.6. The van der Waals surface area contributed by atoms with E-state index in [4.69, 9.17) is 23.2 Å². The number of aryl methyl sites for hydroxylation is 1. The van der Waals surface area contributed by atoms with Crippen molar-refractivity contribution in [1.29, 1.82) is 0 Å². The molecule has 0 bridgehead atoms. The Morgan fingerprint density at radius 1 is 0.837 bits per heavy atom. The van der Waals surface area contributed by atoms with Crippen molar-refractivity contribution in [3.05, 3.63) is 130 Å². The number of benzene rings is 4. The van der Waals surface area contributed by atoms with Gasteiger partial charge in [0.1, 0.15) is 12.6 Å². The molecular formula is C33H33Cl2N3O4S. The van der Waals surface area contributed by atoms with Crippen LogP contribution in [0.2, 0.25) is 10.0 Å². The molecule has 1 atom stereocenters. The minimum atomic E-state index is -4.17. The number of hydrogen-bond donors (Lipinski definition) is 1. The molecule has 2 amide bonds. The summed E-state index contributed by atoms with van der Waals surface area (Å²) in [5.74, 6) is -0.972. The molecule has 1 N–H and O–H groups in total. The standard InChI is InChI=1S/C33H33Cl2N3O4S/c1-3-36-33(40)31(21-25-13-6-4-7-14-25)37(22-28-29(34)18-11-19-30(28)35)32(39)23-38(26-15-10-12-24(2)20-26)43(41,42)27-16-8-5-9-17-27/h4-20,31H,3,21-23H2,1-2H3,(H,36,40). The number of rotatable bonds is 12. The van der Waals surface area contributed by atoms with Gasteiger partial charge < -0.3 is 10.2 Å². The summed E-state index contributed by atoms with van der Waals surface area (Å²) in [4.78, 5) is 29.4. The molecule has 224 valence electrons. The van der Waals surface area contributed by atoms with Gasteiger partial charge in [0.15, 0.2) is 0 Å². The van der Waals surface area contributed by atoms with Gasteiger partial charge in [-0.3, -0.25) is 13.9 Å². The van der Waals surface area contributed by atoms with Crippen LogP contribution in [0.15, 0.2) is 108 Å². The van der Waals surface area contributed by atoms with E-state index in [2.05, 4.69) is 5.32 Å². The molecular weight excluding hydrogens is 605 g/mol. The number of carbonyl (C=O) groups excluding carboxylic acids is 2. The van der Waals surface area contributed by atoms with Crippen molar-refractivity contribution in [1.82, 2.24) is 10.2 Å². The zero-order valence-corrected chi connectivity index (χ0v) is 26.2. The SMILES string of the molecule is CCNC(=O)C(Cc1ccccc1)N(Cc1c(Cl)cccc1Cl)C(=O)CN(c1cccc(C)c1)S(=O)(=O)c1ccccc1. The van der Waals surface area contributed by atoms with Gasteiger partial charge >= 0.3 is 0 Å². The van der Waals surface area contributed by atoms with E-state index >= 15 is 0 Å². The molecule has 4 rings (SSSR count). The van der Waals surface area contributed by atoms with E-state index in [0.717, 1.165) is 15.4 Å². The van der Waals surface area contributed by atoms with Crippen LogP contribution in [-0.2, 0) is 32.6 Å². The molecule has 0 aliphatic heterocycles. The number of sulfonamides is 1. The first-order valence-electron chi connectivity index (χ1n) is 13.8. The normalized spacial score (nSPS) is 11.9. The van der Waals surface area contributed by atoms with Crippen molar-refractivity contribution in [2.45, 2.75) is 37.8 Å². The molecule has 0 fully saturated rings. The minimum absolute atomic E-state index is 0.0366. The molecule has 4 aromatic rings. The summed E-state index contributed by atoms with van der Waals surface area (Å²) in [6.07, 6.45) is 0.191. The van der Waals surface area contributed by atoms with E-state index < -0.39 is 28.5 Å². The van der Waals surface area contributed by atoms with Gasteiger partial charge in [-0.15, -0.1) is 0 Å². The first kappa shape index (κ1) is 32.1. The highest BCUT2D eigenvalue weighted by atomic mass is 35.5. The molecule has 1 unspecified atom stereocenters. The topological polar surface area (TPSA) is 86.8 Å². The van der Waals surface area contributed by atoms with Crippen LogP contribution in [0.4, 0.5) is 5.69 Å². The van der Waals surface area contributed by atoms with Gasteiger partial charge in [0.05, 0.1) is 10.6 Å². The van der Waals surface area contributed by atoms with Crippen molar-refractivity contribution in [3.8, 4) is 0 Å². The summed E-state index contributed by atoms with van der Waals surface area (Å²) in [5, 5.41) is 3.49. The third-order valence-electron chi connectivity index (χ3n) is 6.91. The zero-order valence-electron chi connectivity index (χ0n) is 23.9. The summed E-state index contributed by atoms with van der Waals surface area (Å²) in [7, 11) is -4.17. The first-order valence-corrected chi connectivity index (χ1v) is 16.0. The molecule has 43 heavy (non-hydrogen) atoms. The molecule has 0 radical (unpaired) electrons. The van der Waals surface area contributed by atoms with Gasteiger partial charge in [0.2, 0.25) is 11.8 Å². The number of amides is 2. The van der Waals surface area contributed by atoms with Gasteiger partial charge in [-0.25, -0.2) is 8.42 Å². The smallest absolute Gasteiger partial charge is 0.264 e. The maximum absolute atomic E-state index is 14.4. The van der Waals surface area contributed by atoms with Gasteiger partial charge in [-0.2, -0.15) is 0 Å². The van der Waals surface area contributed by atoms with Crippen LogP contribution in [0.5, 0.6) is 0 Å². The second-order valence-electron chi connectivity index (χ2n) is 9.99. The van der Waals surface area contributed by atoms with Crippen LogP contribution < -0.4 is 9.62 Å². The summed E-state index contributed by atoms with van der Waals surface area (Å²) < 4.78 is 29.1. The quantitative estimate of drug-likeness (QED) is 0.198. The van der Waals surface area contributed by atoms with Crippen LogP contribution in [0.3, 0.4) is 0 Å². The lowest BCUT2D eigenvalue weighted by atomic mass is 10.0. The highest BCUT2D eigenvalue weighted by molar-refractivity contribution is 7.92. The van der Waals surface area contributed by atoms with E-state index in [9.17, 15) is 18.0 Å². The maximum Gasteiger partial charge on any atom is 0.264 e. The maximum atomic E-state index is 14.4. The van der Waals surface area contributed by atoms with E-state index in [1.54, 1.807) is 61.5 Å². The van der Waals surface area contributed by atoms with E-state index in [1.165, 1.54) is 17.0 Å². The van der Waals surface area contributed by atoms with Crippen molar-refractivity contribution < 1.29 is 18.0 Å². The van der Waals surface area contributed by atoms with E-state index in [-0.39, 0.29) is 23.8 Å². The average molecular weight is 639 g/mol. The van der Waals surface area contributed by atoms with Crippen LogP contribution >= 0.6 is 23.2 Å². The highest BCUT2D eigenvalue weighted by Gasteiger charge is 2.35. The van der Waals surface area contributed by atoms with Gasteiger partial charge in [-0.05, 0) is 61.4 Å². The molecule has 0 aliphatic carbocycles. The Labute approximate surface area is 263 Å². The van der Waals surface area contributed by atoms with E-state index in [1.807, 2.05) is 43.3 Å². The average Bonchev–Trinajstić information content (AvgIpc) is 3.00. The fourth-order valence-electron chi connectivity index (χ4n) is 4.73. The zero-order chi connectivity index (χ0) is 31.0.